The van der Waals surface area contributed by atoms with Gasteiger partial charge in [-0.25, -0.2) is 0 Å². The Bertz CT molecular complexity index is 784. The van der Waals surface area contributed by atoms with Crippen molar-refractivity contribution in [3.8, 4) is 11.5 Å². The Kier molecular flexibility index (Phi) is 4.86. The first-order valence-corrected chi connectivity index (χ1v) is 11.8. The first kappa shape index (κ1) is 17.6. The topological polar surface area (TPSA) is 28.1 Å². The molecule has 0 amide bonds. The van der Waals surface area contributed by atoms with E-state index in [0.29, 0.717) is 0 Å². The van der Waals surface area contributed by atoms with Crippen molar-refractivity contribution in [2.45, 2.75) is 60.7 Å². The number of H-pyrrole nitrogens is 1. The number of hydrogen-bond acceptors (Lipinski definition) is 1. The van der Waals surface area contributed by atoms with Crippen LogP contribution in [0.2, 0.25) is 19.6 Å². The summed E-state index contributed by atoms with van der Waals surface area (Å²) in [6.45, 7) is 17.5. The van der Waals surface area contributed by atoms with E-state index in [1.807, 2.05) is 0 Å². The highest BCUT2D eigenvalue weighted by Crippen LogP contribution is 2.28. The maximum atomic E-state index is 4.75. The Balaban J connectivity index is 2.46. The summed E-state index contributed by atoms with van der Waals surface area (Å²) >= 11 is 0. The van der Waals surface area contributed by atoms with Crippen LogP contribution in [0.15, 0.2) is 21.8 Å². The quantitative estimate of drug-likeness (QED) is 0.571. The molecule has 0 unspecified atom stereocenters. The van der Waals surface area contributed by atoms with Crippen LogP contribution in [0.4, 0.5) is 0 Å². The summed E-state index contributed by atoms with van der Waals surface area (Å²) in [5.41, 5.74) is 13.0. The Labute approximate surface area is 141 Å². The van der Waals surface area contributed by atoms with Gasteiger partial charge in [-0.05, 0) is 56.9 Å². The Morgan fingerprint density at radius 1 is 1.13 bits per heavy atom. The number of aryl methyl sites for hydroxylation is 1. The zero-order valence-electron chi connectivity index (χ0n) is 15.7. The van der Waals surface area contributed by atoms with E-state index >= 15 is 0 Å². The van der Waals surface area contributed by atoms with Crippen LogP contribution >= 0.6 is 0 Å². The van der Waals surface area contributed by atoms with Gasteiger partial charge in [-0.2, -0.15) is 0 Å². The number of hydrogen-bond donors (Lipinski definition) is 1. The summed E-state index contributed by atoms with van der Waals surface area (Å²) in [4.78, 5) is 8.25. The molecule has 122 valence electrons. The van der Waals surface area contributed by atoms with Gasteiger partial charge in [0.05, 0.1) is 17.0 Å². The maximum Gasteiger partial charge on any atom is 0.129 e. The summed E-state index contributed by atoms with van der Waals surface area (Å²) in [6, 6.07) is 0. The van der Waals surface area contributed by atoms with Crippen LogP contribution in [0, 0.1) is 25.3 Å². The molecule has 0 saturated heterocycles. The molecule has 2 rings (SSSR count). The molecule has 1 aliphatic heterocycles. The Morgan fingerprint density at radius 3 is 2.30 bits per heavy atom. The highest BCUT2D eigenvalue weighted by Gasteiger charge is 2.18. The van der Waals surface area contributed by atoms with Gasteiger partial charge in [-0.1, -0.05) is 32.5 Å². The van der Waals surface area contributed by atoms with Gasteiger partial charge in [-0.15, -0.1) is 5.54 Å². The van der Waals surface area contributed by atoms with Gasteiger partial charge in [-0.3, -0.25) is 4.99 Å². The van der Waals surface area contributed by atoms with Crippen molar-refractivity contribution >= 4 is 19.9 Å². The summed E-state index contributed by atoms with van der Waals surface area (Å²) < 4.78 is 0. The van der Waals surface area contributed by atoms with Crippen LogP contribution in [0.1, 0.15) is 43.3 Å². The number of allylic oxidation sites excluding steroid dienone is 2. The van der Waals surface area contributed by atoms with E-state index in [1.165, 1.54) is 28.1 Å². The summed E-state index contributed by atoms with van der Waals surface area (Å²) in [5.74, 6) is 3.39. The number of aliphatic imine (C=N–C) groups is 1. The second-order valence-corrected chi connectivity index (χ2v) is 12.1. The molecule has 0 spiro atoms. The fourth-order valence-electron chi connectivity index (χ4n) is 2.92. The molecule has 1 aromatic rings. The average Bonchev–Trinajstić information content (AvgIpc) is 2.85. The zero-order valence-corrected chi connectivity index (χ0v) is 16.7. The third kappa shape index (κ3) is 3.76. The van der Waals surface area contributed by atoms with Crippen molar-refractivity contribution in [3.05, 3.63) is 39.4 Å². The lowest BCUT2D eigenvalue weighted by atomic mass is 10.0. The summed E-state index contributed by atoms with van der Waals surface area (Å²) in [6.07, 6.45) is 3.23. The molecule has 2 heterocycles. The number of rotatable bonds is 2. The second-order valence-electron chi connectivity index (χ2n) is 7.35. The van der Waals surface area contributed by atoms with Gasteiger partial charge in [0.15, 0.2) is 0 Å². The van der Waals surface area contributed by atoms with Crippen LogP contribution in [0.3, 0.4) is 0 Å². The molecule has 0 radical (unpaired) electrons. The lowest BCUT2D eigenvalue weighted by molar-refractivity contribution is 1.08. The van der Waals surface area contributed by atoms with Crippen molar-refractivity contribution < 1.29 is 0 Å². The molecule has 1 aliphatic rings. The zero-order chi connectivity index (χ0) is 17.4. The monoisotopic (exact) mass is 324 g/mol. The normalized spacial score (nSPS) is 16.7. The molecule has 0 aliphatic carbocycles. The van der Waals surface area contributed by atoms with E-state index in [4.69, 9.17) is 4.99 Å². The Hall–Kier alpha value is -1.79. The van der Waals surface area contributed by atoms with Crippen LogP contribution in [0.5, 0.6) is 0 Å². The van der Waals surface area contributed by atoms with Gasteiger partial charge < -0.3 is 4.98 Å². The molecule has 3 heteroatoms. The predicted octanol–water partition coefficient (Wildman–Crippen LogP) is 5.21. The molecule has 2 nitrogen and oxygen atoms in total. The van der Waals surface area contributed by atoms with Crippen molar-refractivity contribution in [2.24, 2.45) is 4.99 Å². The molecular weight excluding hydrogens is 296 g/mol. The van der Waals surface area contributed by atoms with Crippen molar-refractivity contribution in [3.63, 3.8) is 0 Å². The summed E-state index contributed by atoms with van der Waals surface area (Å²) in [7, 11) is -1.37. The highest BCUT2D eigenvalue weighted by atomic mass is 28.3. The molecule has 1 aromatic heterocycles. The van der Waals surface area contributed by atoms with Crippen molar-refractivity contribution in [2.75, 3.05) is 0 Å². The van der Waals surface area contributed by atoms with Crippen LogP contribution < -0.4 is 0 Å². The van der Waals surface area contributed by atoms with E-state index < -0.39 is 8.07 Å². The van der Waals surface area contributed by atoms with Gasteiger partial charge >= 0.3 is 0 Å². The van der Waals surface area contributed by atoms with E-state index in [2.05, 4.69) is 76.8 Å². The number of aromatic nitrogens is 1. The maximum absolute atomic E-state index is 4.75. The molecule has 0 atom stereocenters. The highest BCUT2D eigenvalue weighted by molar-refractivity contribution is 6.84. The number of nitrogens with zero attached hydrogens (tertiary/aromatic N) is 1. The smallest absolute Gasteiger partial charge is 0.129 e. The van der Waals surface area contributed by atoms with Crippen LogP contribution in [-0.2, 0) is 6.42 Å². The molecule has 23 heavy (non-hydrogen) atoms. The van der Waals surface area contributed by atoms with Crippen molar-refractivity contribution in [1.29, 1.82) is 0 Å². The third-order valence-electron chi connectivity index (χ3n) is 4.24. The van der Waals surface area contributed by atoms with Crippen LogP contribution in [0.25, 0.3) is 6.08 Å². The minimum Gasteiger partial charge on any atom is -0.359 e. The first-order chi connectivity index (χ1) is 10.6. The lowest BCUT2D eigenvalue weighted by Crippen LogP contribution is -2.16. The minimum absolute atomic E-state index is 1.04. The molecule has 1 N–H and O–H groups in total. The number of nitrogens with one attached hydrogen (secondary N) is 1. The SMILES string of the molecule is CCc1c(C)[nH]c(/C=C2\N=C(C)C(C#C[Si](C)(C)C)=C2C)c1C. The van der Waals surface area contributed by atoms with Gasteiger partial charge in [0, 0.05) is 11.4 Å². The average molecular weight is 325 g/mol. The minimum atomic E-state index is -1.37. The summed E-state index contributed by atoms with van der Waals surface area (Å²) in [5, 5.41) is 0. The predicted molar refractivity (Wildman–Crippen MR) is 105 cm³/mol. The standard InChI is InChI=1S/C20H28N2Si/c1-9-17-13(2)19(21-15(17)4)12-20-14(3)18(16(5)22-20)10-11-23(6,7)8/h12,21H,9H2,1-8H3/b20-12-. The molecule has 0 bridgehead atoms. The van der Waals surface area contributed by atoms with Crippen molar-refractivity contribution in [1.82, 2.24) is 4.98 Å². The molecule has 0 saturated carbocycles. The lowest BCUT2D eigenvalue weighted by Gasteiger charge is -2.04. The fraction of sp³-hybridized carbons (Fsp3) is 0.450. The van der Waals surface area contributed by atoms with Crippen LogP contribution in [-0.4, -0.2) is 18.8 Å². The molecule has 0 aromatic carbocycles. The van der Waals surface area contributed by atoms with Gasteiger partial charge in [0.25, 0.3) is 0 Å². The first-order valence-electron chi connectivity index (χ1n) is 8.34. The van der Waals surface area contributed by atoms with E-state index in [-0.39, 0.29) is 0 Å². The third-order valence-corrected chi connectivity index (χ3v) is 5.11. The van der Waals surface area contributed by atoms with Gasteiger partial charge in [0.2, 0.25) is 0 Å². The largest absolute Gasteiger partial charge is 0.359 e. The second kappa shape index (κ2) is 6.37. The van der Waals surface area contributed by atoms with Gasteiger partial charge in [0.1, 0.15) is 8.07 Å². The van der Waals surface area contributed by atoms with E-state index in [0.717, 1.165) is 23.4 Å². The molecule has 0 fully saturated rings. The van der Waals surface area contributed by atoms with E-state index in [1.54, 1.807) is 0 Å². The fourth-order valence-corrected chi connectivity index (χ4v) is 3.42. The number of aromatic amines is 1. The van der Waals surface area contributed by atoms with E-state index in [9.17, 15) is 0 Å². The Morgan fingerprint density at radius 2 is 1.78 bits per heavy atom. The molecular formula is C20H28N2Si.